The molecule has 1 aromatic carbocycles. The van der Waals surface area contributed by atoms with E-state index in [0.29, 0.717) is 17.9 Å². The van der Waals surface area contributed by atoms with Gasteiger partial charge in [0.2, 0.25) is 0 Å². The lowest BCUT2D eigenvalue weighted by atomic mass is 10.1. The SMILES string of the molecule is Cc1c(Br)cccc1C(=O)NCc1ccno1. The molecule has 0 aliphatic rings. The Morgan fingerprint density at radius 2 is 2.29 bits per heavy atom. The molecule has 1 heterocycles. The van der Waals surface area contributed by atoms with Crippen LogP contribution < -0.4 is 5.32 Å². The largest absolute Gasteiger partial charge is 0.360 e. The summed E-state index contributed by atoms with van der Waals surface area (Å²) in [6.45, 7) is 2.23. The van der Waals surface area contributed by atoms with Gasteiger partial charge in [-0.25, -0.2) is 0 Å². The average molecular weight is 295 g/mol. The fourth-order valence-corrected chi connectivity index (χ4v) is 1.82. The number of rotatable bonds is 3. The standard InChI is InChI=1S/C12H11BrN2O2/c1-8-10(3-2-4-11(8)13)12(16)14-7-9-5-6-15-17-9/h2-6H,7H2,1H3,(H,14,16). The van der Waals surface area contributed by atoms with Crippen LogP contribution in [0.15, 0.2) is 39.5 Å². The molecule has 0 aliphatic carbocycles. The normalized spacial score (nSPS) is 10.2. The highest BCUT2D eigenvalue weighted by atomic mass is 79.9. The molecule has 0 atom stereocenters. The Hall–Kier alpha value is -1.62. The lowest BCUT2D eigenvalue weighted by molar-refractivity contribution is 0.0946. The van der Waals surface area contributed by atoms with Crippen LogP contribution in [0.1, 0.15) is 21.7 Å². The highest BCUT2D eigenvalue weighted by Gasteiger charge is 2.10. The van der Waals surface area contributed by atoms with Crippen LogP contribution in [0.2, 0.25) is 0 Å². The summed E-state index contributed by atoms with van der Waals surface area (Å²) >= 11 is 3.40. The van der Waals surface area contributed by atoms with E-state index in [9.17, 15) is 4.79 Å². The van der Waals surface area contributed by atoms with Crippen LogP contribution in [0.25, 0.3) is 0 Å². The summed E-state index contributed by atoms with van der Waals surface area (Å²) < 4.78 is 5.82. The van der Waals surface area contributed by atoms with E-state index in [1.165, 1.54) is 0 Å². The van der Waals surface area contributed by atoms with Crippen molar-refractivity contribution in [1.29, 1.82) is 0 Å². The van der Waals surface area contributed by atoms with E-state index in [4.69, 9.17) is 4.52 Å². The summed E-state index contributed by atoms with van der Waals surface area (Å²) in [6.07, 6.45) is 1.55. The molecule has 0 radical (unpaired) electrons. The van der Waals surface area contributed by atoms with Crippen LogP contribution >= 0.6 is 15.9 Å². The summed E-state index contributed by atoms with van der Waals surface area (Å²) in [5, 5.41) is 6.35. The molecule has 0 aliphatic heterocycles. The van der Waals surface area contributed by atoms with E-state index < -0.39 is 0 Å². The van der Waals surface area contributed by atoms with Gasteiger partial charge in [-0.3, -0.25) is 4.79 Å². The van der Waals surface area contributed by atoms with Gasteiger partial charge in [-0.2, -0.15) is 0 Å². The molecule has 4 nitrogen and oxygen atoms in total. The summed E-state index contributed by atoms with van der Waals surface area (Å²) in [5.41, 5.74) is 1.57. The van der Waals surface area contributed by atoms with Gasteiger partial charge < -0.3 is 9.84 Å². The number of carbonyl (C=O) groups excluding carboxylic acids is 1. The second-order valence-electron chi connectivity index (χ2n) is 3.57. The molecular formula is C12H11BrN2O2. The Morgan fingerprint density at radius 3 is 3.00 bits per heavy atom. The number of amides is 1. The molecule has 0 saturated carbocycles. The van der Waals surface area contributed by atoms with Crippen molar-refractivity contribution in [3.05, 3.63) is 51.8 Å². The van der Waals surface area contributed by atoms with Crippen molar-refractivity contribution in [2.75, 3.05) is 0 Å². The number of nitrogens with one attached hydrogen (secondary N) is 1. The lowest BCUT2D eigenvalue weighted by Gasteiger charge is -2.07. The van der Waals surface area contributed by atoms with Gasteiger partial charge in [-0.05, 0) is 24.6 Å². The Bertz CT molecular complexity index is 523. The third kappa shape index (κ3) is 2.74. The number of hydrogen-bond acceptors (Lipinski definition) is 3. The zero-order valence-corrected chi connectivity index (χ0v) is 10.8. The maximum Gasteiger partial charge on any atom is 0.251 e. The summed E-state index contributed by atoms with van der Waals surface area (Å²) in [6, 6.07) is 7.24. The first-order chi connectivity index (χ1) is 8.18. The number of aromatic nitrogens is 1. The van der Waals surface area contributed by atoms with Crippen molar-refractivity contribution in [3.8, 4) is 0 Å². The number of halogens is 1. The molecule has 1 amide bonds. The molecule has 0 fully saturated rings. The molecule has 17 heavy (non-hydrogen) atoms. The zero-order valence-electron chi connectivity index (χ0n) is 9.24. The third-order valence-corrected chi connectivity index (χ3v) is 3.29. The van der Waals surface area contributed by atoms with Gasteiger partial charge in [-0.15, -0.1) is 0 Å². The number of carbonyl (C=O) groups is 1. The molecule has 0 bridgehead atoms. The smallest absolute Gasteiger partial charge is 0.251 e. The first-order valence-electron chi connectivity index (χ1n) is 5.11. The molecule has 2 aromatic rings. The maximum atomic E-state index is 11.9. The van der Waals surface area contributed by atoms with Crippen LogP contribution in [0.4, 0.5) is 0 Å². The second kappa shape index (κ2) is 5.14. The van der Waals surface area contributed by atoms with Crippen molar-refractivity contribution in [2.24, 2.45) is 0 Å². The molecular weight excluding hydrogens is 284 g/mol. The van der Waals surface area contributed by atoms with Crippen molar-refractivity contribution in [3.63, 3.8) is 0 Å². The summed E-state index contributed by atoms with van der Waals surface area (Å²) in [5.74, 6) is 0.506. The predicted octanol–water partition coefficient (Wildman–Crippen LogP) is 2.68. The number of hydrogen-bond donors (Lipinski definition) is 1. The van der Waals surface area contributed by atoms with Gasteiger partial charge in [0, 0.05) is 16.1 Å². The minimum absolute atomic E-state index is 0.125. The van der Waals surface area contributed by atoms with E-state index in [-0.39, 0.29) is 5.91 Å². The number of nitrogens with zero attached hydrogens (tertiary/aromatic N) is 1. The minimum atomic E-state index is -0.125. The summed E-state index contributed by atoms with van der Waals surface area (Å²) in [7, 11) is 0. The minimum Gasteiger partial charge on any atom is -0.360 e. The quantitative estimate of drug-likeness (QED) is 0.947. The molecule has 0 spiro atoms. The van der Waals surface area contributed by atoms with Crippen LogP contribution in [0.5, 0.6) is 0 Å². The van der Waals surface area contributed by atoms with E-state index in [1.54, 1.807) is 18.3 Å². The highest BCUT2D eigenvalue weighted by molar-refractivity contribution is 9.10. The topological polar surface area (TPSA) is 55.1 Å². The Labute approximate surface area is 107 Å². The fourth-order valence-electron chi connectivity index (χ4n) is 1.45. The van der Waals surface area contributed by atoms with Crippen molar-refractivity contribution in [2.45, 2.75) is 13.5 Å². The first-order valence-corrected chi connectivity index (χ1v) is 5.90. The van der Waals surface area contributed by atoms with Crippen molar-refractivity contribution in [1.82, 2.24) is 10.5 Å². The molecule has 0 saturated heterocycles. The monoisotopic (exact) mass is 294 g/mol. The zero-order chi connectivity index (χ0) is 12.3. The van der Waals surface area contributed by atoms with Crippen LogP contribution in [-0.4, -0.2) is 11.1 Å². The van der Waals surface area contributed by atoms with Crippen LogP contribution in [0, 0.1) is 6.92 Å². The van der Waals surface area contributed by atoms with Gasteiger partial charge in [0.1, 0.15) is 0 Å². The van der Waals surface area contributed by atoms with Crippen molar-refractivity contribution >= 4 is 21.8 Å². The average Bonchev–Trinajstić information content (AvgIpc) is 2.82. The van der Waals surface area contributed by atoms with E-state index in [1.807, 2.05) is 19.1 Å². The van der Waals surface area contributed by atoms with E-state index >= 15 is 0 Å². The predicted molar refractivity (Wildman–Crippen MR) is 66.6 cm³/mol. The molecule has 88 valence electrons. The highest BCUT2D eigenvalue weighted by Crippen LogP contribution is 2.19. The Balaban J connectivity index is 2.07. The first kappa shape index (κ1) is 11.9. The van der Waals surface area contributed by atoms with E-state index in [2.05, 4.69) is 26.4 Å². The van der Waals surface area contributed by atoms with Crippen molar-refractivity contribution < 1.29 is 9.32 Å². The molecule has 0 unspecified atom stereocenters. The number of benzene rings is 1. The second-order valence-corrected chi connectivity index (χ2v) is 4.43. The van der Waals surface area contributed by atoms with Gasteiger partial charge >= 0.3 is 0 Å². The molecule has 1 N–H and O–H groups in total. The van der Waals surface area contributed by atoms with Gasteiger partial charge in [-0.1, -0.05) is 27.2 Å². The molecule has 5 heteroatoms. The van der Waals surface area contributed by atoms with E-state index in [0.717, 1.165) is 10.0 Å². The Morgan fingerprint density at radius 1 is 1.47 bits per heavy atom. The molecule has 2 rings (SSSR count). The van der Waals surface area contributed by atoms with Gasteiger partial charge in [0.15, 0.2) is 5.76 Å². The van der Waals surface area contributed by atoms with Gasteiger partial charge in [0.05, 0.1) is 12.7 Å². The van der Waals surface area contributed by atoms with Crippen LogP contribution in [0.3, 0.4) is 0 Å². The van der Waals surface area contributed by atoms with Gasteiger partial charge in [0.25, 0.3) is 5.91 Å². The van der Waals surface area contributed by atoms with Crippen LogP contribution in [-0.2, 0) is 6.54 Å². The molecule has 1 aromatic heterocycles. The summed E-state index contributed by atoms with van der Waals surface area (Å²) in [4.78, 5) is 11.9. The fraction of sp³-hybridized carbons (Fsp3) is 0.167. The third-order valence-electron chi connectivity index (χ3n) is 2.43. The maximum absolute atomic E-state index is 11.9. The Kier molecular flexibility index (Phi) is 3.58. The lowest BCUT2D eigenvalue weighted by Crippen LogP contribution is -2.23.